The molecule has 0 N–H and O–H groups in total. The predicted molar refractivity (Wildman–Crippen MR) is 121 cm³/mol. The van der Waals surface area contributed by atoms with Crippen LogP contribution in [0.2, 0.25) is 0 Å². The zero-order valence-corrected chi connectivity index (χ0v) is 19.9. The third-order valence-electron chi connectivity index (χ3n) is 7.21. The van der Waals surface area contributed by atoms with Crippen LogP contribution >= 0.6 is 15.9 Å². The molecule has 178 valence electrons. The lowest BCUT2D eigenvalue weighted by Crippen LogP contribution is -2.18. The van der Waals surface area contributed by atoms with E-state index in [1.807, 2.05) is 12.2 Å². The van der Waals surface area contributed by atoms with Crippen LogP contribution in [0.4, 0.5) is 26.3 Å². The minimum atomic E-state index is -4.84. The maximum absolute atomic E-state index is 13.3. The SMILES string of the molecule is CCC1=CC(Br)C2(C=C1)CC2CC1=CC=C(C)C(c2cc(C(F)(F)F)cc(C(F)(F)F)c2)C1. The Bertz CT molecular complexity index is 1020. The summed E-state index contributed by atoms with van der Waals surface area (Å²) < 4.78 is 80.0. The zero-order chi connectivity index (χ0) is 24.2. The Morgan fingerprint density at radius 3 is 2.18 bits per heavy atom. The summed E-state index contributed by atoms with van der Waals surface area (Å²) in [6, 6.07) is 1.93. The van der Waals surface area contributed by atoms with E-state index >= 15 is 0 Å². The van der Waals surface area contributed by atoms with Crippen LogP contribution < -0.4 is 0 Å². The maximum Gasteiger partial charge on any atom is 0.416 e. The molecule has 4 rings (SSSR count). The first-order valence-corrected chi connectivity index (χ1v) is 11.9. The van der Waals surface area contributed by atoms with Gasteiger partial charge in [-0.3, -0.25) is 0 Å². The van der Waals surface area contributed by atoms with Crippen molar-refractivity contribution in [1.82, 2.24) is 0 Å². The van der Waals surface area contributed by atoms with Crippen LogP contribution in [-0.4, -0.2) is 4.83 Å². The van der Waals surface area contributed by atoms with Gasteiger partial charge in [0.05, 0.1) is 11.1 Å². The van der Waals surface area contributed by atoms with E-state index in [4.69, 9.17) is 0 Å². The van der Waals surface area contributed by atoms with Crippen molar-refractivity contribution in [2.24, 2.45) is 11.3 Å². The van der Waals surface area contributed by atoms with Gasteiger partial charge in [-0.1, -0.05) is 70.0 Å². The van der Waals surface area contributed by atoms with Gasteiger partial charge in [-0.15, -0.1) is 0 Å². The summed E-state index contributed by atoms with van der Waals surface area (Å²) in [6.07, 6.45) is 4.00. The average molecular weight is 531 g/mol. The van der Waals surface area contributed by atoms with Gasteiger partial charge in [0.15, 0.2) is 0 Å². The van der Waals surface area contributed by atoms with Crippen LogP contribution in [0.25, 0.3) is 0 Å². The van der Waals surface area contributed by atoms with Gasteiger partial charge in [0.25, 0.3) is 0 Å². The Labute approximate surface area is 198 Å². The molecule has 0 saturated heterocycles. The molecule has 3 aliphatic carbocycles. The van der Waals surface area contributed by atoms with E-state index in [-0.39, 0.29) is 21.9 Å². The molecule has 1 aromatic carbocycles. The van der Waals surface area contributed by atoms with Crippen LogP contribution in [-0.2, 0) is 12.4 Å². The highest BCUT2D eigenvalue weighted by molar-refractivity contribution is 9.09. The monoisotopic (exact) mass is 530 g/mol. The molecule has 4 unspecified atom stereocenters. The van der Waals surface area contributed by atoms with Crippen molar-refractivity contribution in [2.75, 3.05) is 0 Å². The standard InChI is InChI=1S/C26H25BrF6/c1-3-16-6-7-24(23(27)10-16)14-21(24)8-17-5-4-15(2)22(9-17)18-11-19(25(28,29)30)13-20(12-18)26(31,32)33/h4-7,10-13,21-23H,3,8-9,14H2,1-2H3. The molecule has 33 heavy (non-hydrogen) atoms. The molecule has 1 spiro atoms. The Hall–Kier alpha value is -1.76. The average Bonchev–Trinajstić information content (AvgIpc) is 3.43. The molecular weight excluding hydrogens is 506 g/mol. The Morgan fingerprint density at radius 1 is 1.00 bits per heavy atom. The molecule has 1 fully saturated rings. The largest absolute Gasteiger partial charge is 0.416 e. The van der Waals surface area contributed by atoms with E-state index in [0.717, 1.165) is 42.5 Å². The van der Waals surface area contributed by atoms with Gasteiger partial charge in [-0.2, -0.15) is 26.3 Å². The second-order valence-corrected chi connectivity index (χ2v) is 10.4. The summed E-state index contributed by atoms with van der Waals surface area (Å²) >= 11 is 3.80. The lowest BCUT2D eigenvalue weighted by Gasteiger charge is -2.27. The molecule has 1 aromatic rings. The lowest BCUT2D eigenvalue weighted by atomic mass is 9.79. The van der Waals surface area contributed by atoms with Gasteiger partial charge < -0.3 is 0 Å². The highest BCUT2D eigenvalue weighted by Gasteiger charge is 2.56. The van der Waals surface area contributed by atoms with Gasteiger partial charge in [-0.25, -0.2) is 0 Å². The van der Waals surface area contributed by atoms with Crippen molar-refractivity contribution >= 4 is 15.9 Å². The second-order valence-electron chi connectivity index (χ2n) is 9.38. The lowest BCUT2D eigenvalue weighted by molar-refractivity contribution is -0.143. The number of allylic oxidation sites excluding steroid dienone is 8. The molecule has 0 nitrogen and oxygen atoms in total. The molecule has 1 saturated carbocycles. The fraction of sp³-hybridized carbons (Fsp3) is 0.462. The number of hydrogen-bond donors (Lipinski definition) is 0. The van der Waals surface area contributed by atoms with Crippen LogP contribution in [0.15, 0.2) is 65.3 Å². The summed E-state index contributed by atoms with van der Waals surface area (Å²) in [5.41, 5.74) is 0.711. The number of alkyl halides is 7. The highest BCUT2D eigenvalue weighted by atomic mass is 79.9. The Morgan fingerprint density at radius 2 is 1.64 bits per heavy atom. The molecule has 4 atom stereocenters. The predicted octanol–water partition coefficient (Wildman–Crippen LogP) is 9.15. The van der Waals surface area contributed by atoms with Gasteiger partial charge in [0.2, 0.25) is 0 Å². The summed E-state index contributed by atoms with van der Waals surface area (Å²) in [5, 5.41) is 0. The van der Waals surface area contributed by atoms with E-state index in [2.05, 4.69) is 41.1 Å². The molecule has 0 aromatic heterocycles. The summed E-state index contributed by atoms with van der Waals surface area (Å²) in [5.74, 6) is -0.102. The number of benzene rings is 1. The molecule has 0 heterocycles. The number of halogens is 7. The van der Waals surface area contributed by atoms with E-state index in [1.165, 1.54) is 5.57 Å². The fourth-order valence-electron chi connectivity index (χ4n) is 5.05. The minimum absolute atomic E-state index is 0.0465. The van der Waals surface area contributed by atoms with Gasteiger partial charge in [-0.05, 0) is 62.3 Å². The van der Waals surface area contributed by atoms with Crippen LogP contribution in [0.3, 0.4) is 0 Å². The zero-order valence-electron chi connectivity index (χ0n) is 18.3. The third kappa shape index (κ3) is 4.89. The van der Waals surface area contributed by atoms with Crippen LogP contribution in [0.1, 0.15) is 62.1 Å². The first-order valence-electron chi connectivity index (χ1n) is 11.0. The molecule has 0 aliphatic heterocycles. The first kappa shape index (κ1) is 24.4. The van der Waals surface area contributed by atoms with Crippen molar-refractivity contribution in [3.05, 3.63) is 82.0 Å². The topological polar surface area (TPSA) is 0 Å². The van der Waals surface area contributed by atoms with Crippen molar-refractivity contribution < 1.29 is 26.3 Å². The molecular formula is C26H25BrF6. The minimum Gasteiger partial charge on any atom is -0.166 e. The normalized spacial score (nSPS) is 29.6. The molecule has 0 radical (unpaired) electrons. The van der Waals surface area contributed by atoms with Crippen molar-refractivity contribution in [3.8, 4) is 0 Å². The number of hydrogen-bond acceptors (Lipinski definition) is 0. The summed E-state index contributed by atoms with van der Waals surface area (Å²) in [6.45, 7) is 3.87. The summed E-state index contributed by atoms with van der Waals surface area (Å²) in [4.78, 5) is 0.241. The van der Waals surface area contributed by atoms with E-state index in [1.54, 1.807) is 6.92 Å². The molecule has 0 amide bonds. The van der Waals surface area contributed by atoms with Crippen molar-refractivity contribution in [2.45, 2.75) is 62.6 Å². The van der Waals surface area contributed by atoms with E-state index in [9.17, 15) is 26.3 Å². The second kappa shape index (κ2) is 8.47. The molecule has 0 bridgehead atoms. The third-order valence-corrected chi connectivity index (χ3v) is 8.33. The first-order chi connectivity index (χ1) is 15.3. The Balaban J connectivity index is 1.56. The van der Waals surface area contributed by atoms with Crippen molar-refractivity contribution in [1.29, 1.82) is 0 Å². The van der Waals surface area contributed by atoms with Crippen molar-refractivity contribution in [3.63, 3.8) is 0 Å². The highest BCUT2D eigenvalue weighted by Crippen LogP contribution is 2.63. The Kier molecular flexibility index (Phi) is 6.26. The van der Waals surface area contributed by atoms with Gasteiger partial charge in [0.1, 0.15) is 0 Å². The van der Waals surface area contributed by atoms with Crippen LogP contribution in [0.5, 0.6) is 0 Å². The quantitative estimate of drug-likeness (QED) is 0.269. The van der Waals surface area contributed by atoms with E-state index < -0.39 is 29.4 Å². The van der Waals surface area contributed by atoms with E-state index in [0.29, 0.717) is 12.3 Å². The molecule has 3 aliphatic rings. The van der Waals surface area contributed by atoms with Gasteiger partial charge >= 0.3 is 12.4 Å². The van der Waals surface area contributed by atoms with Crippen LogP contribution in [0, 0.1) is 11.3 Å². The molecule has 7 heteroatoms. The smallest absolute Gasteiger partial charge is 0.166 e. The van der Waals surface area contributed by atoms with Gasteiger partial charge in [0, 0.05) is 16.2 Å². The fourth-order valence-corrected chi connectivity index (χ4v) is 6.10. The summed E-state index contributed by atoms with van der Waals surface area (Å²) in [7, 11) is 0. The number of rotatable bonds is 4. The maximum atomic E-state index is 13.3.